The average Bonchev–Trinajstić information content (AvgIpc) is 3.38. The van der Waals surface area contributed by atoms with E-state index in [9.17, 15) is 0 Å². The van der Waals surface area contributed by atoms with Gasteiger partial charge in [0.1, 0.15) is 23.9 Å². The van der Waals surface area contributed by atoms with Gasteiger partial charge >= 0.3 is 0 Å². The Kier molecular flexibility index (Phi) is 4.24. The standard InChI is InChI=1S/C24H22N2O2/c1-27-23-12-10-18(24-25-21-7-2-3-8-22(21)26-24)13-19(23)15-28-20-11-9-16-5-4-6-17(16)14-20/h2-3,7-14H,4-6,15H2,1H3,(H,25,26). The van der Waals surface area contributed by atoms with Gasteiger partial charge in [0.2, 0.25) is 0 Å². The van der Waals surface area contributed by atoms with E-state index in [1.807, 2.05) is 36.4 Å². The SMILES string of the molecule is COc1ccc(-c2nc3ccccc3[nH]2)cc1COc1ccc2c(c1)CCC2. The maximum Gasteiger partial charge on any atom is 0.138 e. The van der Waals surface area contributed by atoms with Crippen molar-refractivity contribution in [3.63, 3.8) is 0 Å². The molecule has 3 aromatic carbocycles. The highest BCUT2D eigenvalue weighted by atomic mass is 16.5. The van der Waals surface area contributed by atoms with Crippen LogP contribution in [0.2, 0.25) is 0 Å². The molecule has 140 valence electrons. The van der Waals surface area contributed by atoms with Crippen LogP contribution in [0.15, 0.2) is 60.7 Å². The Hall–Kier alpha value is -3.27. The van der Waals surface area contributed by atoms with Crippen LogP contribution in [0.25, 0.3) is 22.4 Å². The fourth-order valence-corrected chi connectivity index (χ4v) is 3.93. The molecule has 1 N–H and O–H groups in total. The van der Waals surface area contributed by atoms with Gasteiger partial charge in [-0.25, -0.2) is 4.98 Å². The van der Waals surface area contributed by atoms with E-state index in [-0.39, 0.29) is 0 Å². The zero-order valence-corrected chi connectivity index (χ0v) is 15.9. The van der Waals surface area contributed by atoms with Gasteiger partial charge in [0.15, 0.2) is 0 Å². The summed E-state index contributed by atoms with van der Waals surface area (Å²) in [6, 6.07) is 20.6. The molecular weight excluding hydrogens is 348 g/mol. The van der Waals surface area contributed by atoms with Crippen LogP contribution in [0.1, 0.15) is 23.1 Å². The number of rotatable bonds is 5. The number of hydrogen-bond donors (Lipinski definition) is 1. The summed E-state index contributed by atoms with van der Waals surface area (Å²) in [6.45, 7) is 0.454. The third kappa shape index (κ3) is 3.11. The Bertz CT molecular complexity index is 1110. The van der Waals surface area contributed by atoms with Gasteiger partial charge in [0.05, 0.1) is 18.1 Å². The van der Waals surface area contributed by atoms with Gasteiger partial charge in [0.25, 0.3) is 0 Å². The number of methoxy groups -OCH3 is 1. The fourth-order valence-electron chi connectivity index (χ4n) is 3.93. The summed E-state index contributed by atoms with van der Waals surface area (Å²) in [5, 5.41) is 0. The summed E-state index contributed by atoms with van der Waals surface area (Å²) < 4.78 is 11.6. The van der Waals surface area contributed by atoms with Crippen molar-refractivity contribution in [2.24, 2.45) is 0 Å². The van der Waals surface area contributed by atoms with E-state index in [2.05, 4.69) is 29.2 Å². The molecule has 0 aliphatic heterocycles. The Morgan fingerprint density at radius 1 is 0.964 bits per heavy atom. The summed E-state index contributed by atoms with van der Waals surface area (Å²) >= 11 is 0. The van der Waals surface area contributed by atoms with Crippen LogP contribution < -0.4 is 9.47 Å². The lowest BCUT2D eigenvalue weighted by Crippen LogP contribution is -2.00. The van der Waals surface area contributed by atoms with Crippen LogP contribution in [0.4, 0.5) is 0 Å². The number of ether oxygens (including phenoxy) is 2. The first-order valence-electron chi connectivity index (χ1n) is 9.67. The van der Waals surface area contributed by atoms with Crippen molar-refractivity contribution in [2.75, 3.05) is 7.11 Å². The van der Waals surface area contributed by atoms with Crippen LogP contribution in [-0.2, 0) is 19.4 Å². The minimum Gasteiger partial charge on any atom is -0.496 e. The molecule has 0 saturated heterocycles. The number of para-hydroxylation sites is 2. The fraction of sp³-hybridized carbons (Fsp3) is 0.208. The van der Waals surface area contributed by atoms with Crippen LogP contribution >= 0.6 is 0 Å². The number of nitrogens with one attached hydrogen (secondary N) is 1. The molecule has 1 aliphatic rings. The van der Waals surface area contributed by atoms with E-state index >= 15 is 0 Å². The lowest BCUT2D eigenvalue weighted by atomic mass is 10.1. The minimum atomic E-state index is 0.454. The van der Waals surface area contributed by atoms with Gasteiger partial charge in [-0.05, 0) is 72.9 Å². The first-order chi connectivity index (χ1) is 13.8. The van der Waals surface area contributed by atoms with Crippen LogP contribution in [0.5, 0.6) is 11.5 Å². The van der Waals surface area contributed by atoms with Crippen molar-refractivity contribution in [3.05, 3.63) is 77.4 Å². The molecule has 0 atom stereocenters. The highest BCUT2D eigenvalue weighted by Crippen LogP contribution is 2.29. The summed E-state index contributed by atoms with van der Waals surface area (Å²) in [7, 11) is 1.69. The molecule has 0 fully saturated rings. The molecule has 0 unspecified atom stereocenters. The lowest BCUT2D eigenvalue weighted by molar-refractivity contribution is 0.296. The molecule has 0 amide bonds. The first kappa shape index (κ1) is 16.9. The maximum absolute atomic E-state index is 6.10. The number of fused-ring (bicyclic) bond motifs is 2. The third-order valence-electron chi connectivity index (χ3n) is 5.41. The van der Waals surface area contributed by atoms with Gasteiger partial charge in [-0.2, -0.15) is 0 Å². The lowest BCUT2D eigenvalue weighted by Gasteiger charge is -2.12. The number of H-pyrrole nitrogens is 1. The summed E-state index contributed by atoms with van der Waals surface area (Å²) in [4.78, 5) is 8.09. The van der Waals surface area contributed by atoms with Crippen molar-refractivity contribution in [1.82, 2.24) is 9.97 Å². The second-order valence-electron chi connectivity index (χ2n) is 7.20. The summed E-state index contributed by atoms with van der Waals surface area (Å²) in [5.74, 6) is 2.58. The van der Waals surface area contributed by atoms with E-state index in [4.69, 9.17) is 14.5 Å². The van der Waals surface area contributed by atoms with E-state index in [0.29, 0.717) is 6.61 Å². The van der Waals surface area contributed by atoms with Crippen molar-refractivity contribution in [1.29, 1.82) is 0 Å². The number of aryl methyl sites for hydroxylation is 2. The Balaban J connectivity index is 1.42. The monoisotopic (exact) mass is 370 g/mol. The highest BCUT2D eigenvalue weighted by Gasteiger charge is 2.13. The molecular formula is C24H22N2O2. The largest absolute Gasteiger partial charge is 0.496 e. The molecule has 0 spiro atoms. The van der Waals surface area contributed by atoms with Gasteiger partial charge < -0.3 is 14.5 Å². The number of aromatic nitrogens is 2. The molecule has 4 nitrogen and oxygen atoms in total. The second-order valence-corrected chi connectivity index (χ2v) is 7.20. The third-order valence-corrected chi connectivity index (χ3v) is 5.41. The molecule has 1 heterocycles. The van der Waals surface area contributed by atoms with E-state index < -0.39 is 0 Å². The van der Waals surface area contributed by atoms with E-state index in [1.165, 1.54) is 24.0 Å². The molecule has 1 aromatic heterocycles. The molecule has 0 bridgehead atoms. The number of imidazole rings is 1. The van der Waals surface area contributed by atoms with E-state index in [0.717, 1.165) is 45.9 Å². The average molecular weight is 370 g/mol. The maximum atomic E-state index is 6.10. The zero-order chi connectivity index (χ0) is 18.9. The quantitative estimate of drug-likeness (QED) is 0.518. The normalized spacial score (nSPS) is 12.9. The summed E-state index contributed by atoms with van der Waals surface area (Å²) in [6.07, 6.45) is 3.58. The van der Waals surface area contributed by atoms with Crippen molar-refractivity contribution >= 4 is 11.0 Å². The zero-order valence-electron chi connectivity index (χ0n) is 15.9. The Morgan fingerprint density at radius 3 is 2.75 bits per heavy atom. The second kappa shape index (κ2) is 7.04. The van der Waals surface area contributed by atoms with Crippen molar-refractivity contribution in [2.45, 2.75) is 25.9 Å². The van der Waals surface area contributed by atoms with Crippen LogP contribution in [0.3, 0.4) is 0 Å². The topological polar surface area (TPSA) is 47.1 Å². The molecule has 28 heavy (non-hydrogen) atoms. The Morgan fingerprint density at radius 2 is 1.86 bits per heavy atom. The smallest absolute Gasteiger partial charge is 0.138 e. The van der Waals surface area contributed by atoms with Gasteiger partial charge in [-0.15, -0.1) is 0 Å². The molecule has 4 heteroatoms. The predicted octanol–water partition coefficient (Wildman–Crippen LogP) is 5.31. The first-order valence-corrected chi connectivity index (χ1v) is 9.67. The molecule has 4 aromatic rings. The van der Waals surface area contributed by atoms with Crippen molar-refractivity contribution < 1.29 is 9.47 Å². The minimum absolute atomic E-state index is 0.454. The van der Waals surface area contributed by atoms with E-state index in [1.54, 1.807) is 7.11 Å². The molecule has 5 rings (SSSR count). The van der Waals surface area contributed by atoms with Gasteiger partial charge in [-0.3, -0.25) is 0 Å². The number of nitrogens with zero attached hydrogens (tertiary/aromatic N) is 1. The number of benzene rings is 3. The number of hydrogen-bond acceptors (Lipinski definition) is 3. The van der Waals surface area contributed by atoms with Crippen LogP contribution in [-0.4, -0.2) is 17.1 Å². The predicted molar refractivity (Wildman–Crippen MR) is 111 cm³/mol. The van der Waals surface area contributed by atoms with Crippen molar-refractivity contribution in [3.8, 4) is 22.9 Å². The van der Waals surface area contributed by atoms with Gasteiger partial charge in [0, 0.05) is 11.1 Å². The molecule has 1 aliphatic carbocycles. The Labute approximate surface area is 164 Å². The summed E-state index contributed by atoms with van der Waals surface area (Å²) in [5.41, 5.74) is 6.89. The molecule has 0 radical (unpaired) electrons. The van der Waals surface area contributed by atoms with Gasteiger partial charge in [-0.1, -0.05) is 18.2 Å². The van der Waals surface area contributed by atoms with Crippen LogP contribution in [0, 0.1) is 0 Å². The molecule has 0 saturated carbocycles. The number of aromatic amines is 1. The highest BCUT2D eigenvalue weighted by molar-refractivity contribution is 5.79.